The number of rotatable bonds is 4. The number of likely N-dealkylation sites (tertiary alicyclic amines) is 1. The molecule has 0 bridgehead atoms. The minimum Gasteiger partial charge on any atom is -0.480 e. The Morgan fingerprint density at radius 2 is 2.14 bits per heavy atom. The lowest BCUT2D eigenvalue weighted by atomic mass is 9.91. The second kappa shape index (κ2) is 5.85. The van der Waals surface area contributed by atoms with Crippen molar-refractivity contribution >= 4 is 11.9 Å². The fraction of sp³-hybridized carbons (Fsp3) is 0.643. The van der Waals surface area contributed by atoms with Crippen LogP contribution in [0.1, 0.15) is 37.6 Å². The van der Waals surface area contributed by atoms with Crippen molar-refractivity contribution in [1.82, 2.24) is 10.1 Å². The van der Waals surface area contributed by atoms with Crippen LogP contribution in [0.2, 0.25) is 0 Å². The maximum absolute atomic E-state index is 12.7. The normalized spacial score (nSPS) is 23.6. The summed E-state index contributed by atoms with van der Waals surface area (Å²) in [5, 5.41) is 22.7. The van der Waals surface area contributed by atoms with Crippen LogP contribution in [-0.2, 0) is 9.59 Å². The molecule has 1 aliphatic heterocycles. The number of β-amino-alcohol motifs (C(OH)–C–C–N with tert-alkyl or cyclic N) is 1. The van der Waals surface area contributed by atoms with Gasteiger partial charge in [0.05, 0.1) is 11.8 Å². The Kier molecular flexibility index (Phi) is 4.32. The van der Waals surface area contributed by atoms with Gasteiger partial charge in [-0.1, -0.05) is 19.0 Å². The highest BCUT2D eigenvalue weighted by Gasteiger charge is 2.43. The lowest BCUT2D eigenvalue weighted by Gasteiger charge is -2.27. The van der Waals surface area contributed by atoms with Crippen LogP contribution in [0.5, 0.6) is 0 Å². The SMILES string of the molecule is Cc1cc([C@@H](C(=O)N2C[C@H](O)C[C@H]2C(=O)O)C(C)C)on1. The first-order valence-electron chi connectivity index (χ1n) is 6.95. The topological polar surface area (TPSA) is 104 Å². The van der Waals surface area contributed by atoms with E-state index in [9.17, 15) is 19.8 Å². The Morgan fingerprint density at radius 1 is 1.48 bits per heavy atom. The molecule has 2 rings (SSSR count). The number of hydrogen-bond acceptors (Lipinski definition) is 5. The molecular weight excluding hydrogens is 276 g/mol. The van der Waals surface area contributed by atoms with Gasteiger partial charge in [-0.2, -0.15) is 0 Å². The fourth-order valence-corrected chi connectivity index (χ4v) is 2.74. The molecule has 1 saturated heterocycles. The number of aryl methyl sites for hydroxylation is 1. The van der Waals surface area contributed by atoms with Crippen molar-refractivity contribution in [2.45, 2.75) is 45.3 Å². The van der Waals surface area contributed by atoms with Crippen molar-refractivity contribution in [1.29, 1.82) is 0 Å². The average Bonchev–Trinajstić information content (AvgIpc) is 2.95. The third-order valence-corrected chi connectivity index (χ3v) is 3.73. The summed E-state index contributed by atoms with van der Waals surface area (Å²) in [7, 11) is 0. The number of amides is 1. The molecule has 0 aromatic carbocycles. The second-order valence-corrected chi connectivity index (χ2v) is 5.83. The highest BCUT2D eigenvalue weighted by atomic mass is 16.5. The average molecular weight is 296 g/mol. The first-order valence-corrected chi connectivity index (χ1v) is 6.95. The quantitative estimate of drug-likeness (QED) is 0.850. The second-order valence-electron chi connectivity index (χ2n) is 5.83. The van der Waals surface area contributed by atoms with E-state index >= 15 is 0 Å². The Morgan fingerprint density at radius 3 is 2.62 bits per heavy atom. The van der Waals surface area contributed by atoms with Gasteiger partial charge in [0.25, 0.3) is 0 Å². The molecule has 3 atom stereocenters. The molecule has 1 aromatic rings. The summed E-state index contributed by atoms with van der Waals surface area (Å²) >= 11 is 0. The number of carbonyl (C=O) groups is 2. The van der Waals surface area contributed by atoms with E-state index in [1.54, 1.807) is 13.0 Å². The molecule has 1 amide bonds. The molecule has 0 spiro atoms. The molecule has 2 N–H and O–H groups in total. The van der Waals surface area contributed by atoms with Crippen LogP contribution in [0.4, 0.5) is 0 Å². The number of aliphatic hydroxyl groups excluding tert-OH is 1. The number of nitrogens with zero attached hydrogens (tertiary/aromatic N) is 2. The van der Waals surface area contributed by atoms with Gasteiger partial charge in [-0.15, -0.1) is 0 Å². The van der Waals surface area contributed by atoms with Gasteiger partial charge in [0.1, 0.15) is 17.7 Å². The summed E-state index contributed by atoms with van der Waals surface area (Å²) < 4.78 is 5.18. The number of hydrogen-bond donors (Lipinski definition) is 2. The van der Waals surface area contributed by atoms with E-state index in [-0.39, 0.29) is 24.8 Å². The molecule has 1 aliphatic rings. The summed E-state index contributed by atoms with van der Waals surface area (Å²) in [6, 6.07) is 0.697. The number of aliphatic hydroxyl groups is 1. The van der Waals surface area contributed by atoms with Crippen molar-refractivity contribution in [3.8, 4) is 0 Å². The Bertz CT molecular complexity index is 539. The predicted molar refractivity (Wildman–Crippen MR) is 72.6 cm³/mol. The number of carboxylic acid groups (broad SMARTS) is 1. The molecule has 1 aromatic heterocycles. The largest absolute Gasteiger partial charge is 0.480 e. The van der Waals surface area contributed by atoms with Crippen molar-refractivity contribution in [3.63, 3.8) is 0 Å². The van der Waals surface area contributed by atoms with E-state index in [1.165, 1.54) is 4.90 Å². The summed E-state index contributed by atoms with van der Waals surface area (Å²) in [4.78, 5) is 25.2. The van der Waals surface area contributed by atoms with Crippen molar-refractivity contribution in [2.24, 2.45) is 5.92 Å². The first kappa shape index (κ1) is 15.5. The monoisotopic (exact) mass is 296 g/mol. The number of aliphatic carboxylic acids is 1. The molecule has 0 unspecified atom stereocenters. The third-order valence-electron chi connectivity index (χ3n) is 3.73. The Hall–Kier alpha value is -1.89. The molecule has 2 heterocycles. The van der Waals surface area contributed by atoms with Gasteiger partial charge in [0, 0.05) is 19.0 Å². The Labute approximate surface area is 122 Å². The minimum absolute atomic E-state index is 0.0339. The van der Waals surface area contributed by atoms with Crippen LogP contribution in [0.25, 0.3) is 0 Å². The van der Waals surface area contributed by atoms with Crippen LogP contribution < -0.4 is 0 Å². The van der Waals surface area contributed by atoms with Crippen molar-refractivity contribution in [2.75, 3.05) is 6.54 Å². The van der Waals surface area contributed by atoms with Gasteiger partial charge in [-0.05, 0) is 12.8 Å². The van der Waals surface area contributed by atoms with Gasteiger partial charge in [-0.3, -0.25) is 4.79 Å². The lowest BCUT2D eigenvalue weighted by molar-refractivity contribution is -0.149. The van der Waals surface area contributed by atoms with E-state index in [1.807, 2.05) is 13.8 Å². The highest BCUT2D eigenvalue weighted by Crippen LogP contribution is 2.30. The number of carbonyl (C=O) groups excluding carboxylic acids is 1. The minimum atomic E-state index is -1.10. The van der Waals surface area contributed by atoms with E-state index in [4.69, 9.17) is 4.52 Å². The summed E-state index contributed by atoms with van der Waals surface area (Å²) in [5.74, 6) is -1.69. The molecule has 7 heteroatoms. The Balaban J connectivity index is 2.28. The predicted octanol–water partition coefficient (Wildman–Crippen LogP) is 0.769. The van der Waals surface area contributed by atoms with Crippen molar-refractivity contribution in [3.05, 3.63) is 17.5 Å². The van der Waals surface area contributed by atoms with Crippen LogP contribution in [0.3, 0.4) is 0 Å². The standard InChI is InChI=1S/C14H20N2O5/c1-7(2)12(11-4-8(3)15-21-11)13(18)16-6-9(17)5-10(16)14(19)20/h4,7,9-10,12,17H,5-6H2,1-3H3,(H,19,20)/t9-,10+,12+/m1/s1. The maximum atomic E-state index is 12.7. The summed E-state index contributed by atoms with van der Waals surface area (Å²) in [5.41, 5.74) is 0.666. The number of carboxylic acids is 1. The van der Waals surface area contributed by atoms with E-state index in [0.717, 1.165) is 0 Å². The van der Waals surface area contributed by atoms with E-state index in [0.29, 0.717) is 11.5 Å². The van der Waals surface area contributed by atoms with Gasteiger partial charge in [-0.25, -0.2) is 4.79 Å². The fourth-order valence-electron chi connectivity index (χ4n) is 2.74. The number of aromatic nitrogens is 1. The lowest BCUT2D eigenvalue weighted by Crippen LogP contribution is -2.44. The van der Waals surface area contributed by atoms with Crippen LogP contribution >= 0.6 is 0 Å². The molecular formula is C14H20N2O5. The van der Waals surface area contributed by atoms with Gasteiger partial charge in [0.2, 0.25) is 5.91 Å². The smallest absolute Gasteiger partial charge is 0.326 e. The summed E-state index contributed by atoms with van der Waals surface area (Å²) in [6.07, 6.45) is -0.749. The van der Waals surface area contributed by atoms with Crippen molar-refractivity contribution < 1.29 is 24.3 Å². The van der Waals surface area contributed by atoms with E-state index in [2.05, 4.69) is 5.16 Å². The molecule has 0 aliphatic carbocycles. The van der Waals surface area contributed by atoms with Gasteiger partial charge >= 0.3 is 5.97 Å². The zero-order chi connectivity index (χ0) is 15.7. The molecule has 0 saturated carbocycles. The third kappa shape index (κ3) is 3.07. The first-order chi connectivity index (χ1) is 9.81. The highest BCUT2D eigenvalue weighted by molar-refractivity contribution is 5.88. The zero-order valence-corrected chi connectivity index (χ0v) is 12.3. The van der Waals surface area contributed by atoms with E-state index < -0.39 is 24.0 Å². The summed E-state index contributed by atoms with van der Waals surface area (Å²) in [6.45, 7) is 5.52. The maximum Gasteiger partial charge on any atom is 0.326 e. The van der Waals surface area contributed by atoms with Gasteiger partial charge in [0.15, 0.2) is 0 Å². The molecule has 1 fully saturated rings. The van der Waals surface area contributed by atoms with Gasteiger partial charge < -0.3 is 19.6 Å². The molecule has 21 heavy (non-hydrogen) atoms. The molecule has 0 radical (unpaired) electrons. The van der Waals surface area contributed by atoms with Crippen LogP contribution in [0.15, 0.2) is 10.6 Å². The van der Waals surface area contributed by atoms with Crippen LogP contribution in [-0.4, -0.2) is 50.8 Å². The molecule has 7 nitrogen and oxygen atoms in total. The van der Waals surface area contributed by atoms with Crippen LogP contribution in [0, 0.1) is 12.8 Å². The molecule has 116 valence electrons. The zero-order valence-electron chi connectivity index (χ0n) is 12.3.